The molecule has 0 radical (unpaired) electrons. The highest BCUT2D eigenvalue weighted by molar-refractivity contribution is 7.47. The molecule has 0 heterocycles. The SMILES string of the molecule is CCCCCCC=CCCCC(=O)O[C@H](CCCCCCC)CC(=O)NC(COCC[C@H](O)CCCCCCC)COP(=O)(O)OCCNC(=O)c1ccc(C(=O)NCCOP(=O)(O)OCC(COCC[C@@H](O)CCCCCCC)NC(=O)C[C@@H](CCCCCCCCCCC)OC(=O)CCCC=CCCCCCC)cc1. The highest BCUT2D eigenvalue weighted by Crippen LogP contribution is 2.44. The summed E-state index contributed by atoms with van der Waals surface area (Å²) in [5.74, 6) is -2.87. The number of aliphatic hydroxyl groups excluding tert-OH is 2. The second kappa shape index (κ2) is 73.0. The van der Waals surface area contributed by atoms with Crippen LogP contribution in [0.5, 0.6) is 0 Å². The molecule has 1 rings (SSSR count). The maximum atomic E-state index is 13.8. The zero-order valence-electron chi connectivity index (χ0n) is 70.3. The lowest BCUT2D eigenvalue weighted by Crippen LogP contribution is -2.43. The van der Waals surface area contributed by atoms with E-state index in [4.69, 9.17) is 37.0 Å². The maximum Gasteiger partial charge on any atom is 0.472 e. The van der Waals surface area contributed by atoms with Gasteiger partial charge in [-0.3, -0.25) is 46.9 Å². The van der Waals surface area contributed by atoms with Crippen LogP contribution in [0, 0.1) is 0 Å². The van der Waals surface area contributed by atoms with Crippen molar-refractivity contribution < 1.29 is 94.9 Å². The number of hydrogen-bond donors (Lipinski definition) is 8. The van der Waals surface area contributed by atoms with E-state index in [-0.39, 0.29) is 88.3 Å². The van der Waals surface area contributed by atoms with Crippen LogP contribution >= 0.6 is 15.6 Å². The third-order valence-corrected chi connectivity index (χ3v) is 21.3. The molecule has 0 aliphatic heterocycles. The predicted molar refractivity (Wildman–Crippen MR) is 446 cm³/mol. The third-order valence-electron chi connectivity index (χ3n) is 19.4. The standard InChI is InChI=1S/C86H156N4O20P2/c1-7-13-19-25-28-31-34-40-46-52-80(110-84(96)54-48-42-36-33-30-27-21-15-9-3)68-82(94)90-76(70-104-64-60-78(92)50-44-38-23-17-11-5)72-108-112(101,102)106-66-62-88-86(98)74-57-55-73(56-58-74)85(97)87-61-65-105-111(99,100)107-71-75(69-103-63-59-77(91)49-43-37-22-16-10-4)89-81(93)67-79(51-45-39-24-18-12-6)109-83(95)53-47-41-35-32-29-26-20-14-8-2/h32-33,35-36,55-58,75-80,91-92H,7-31,34,37-54,59-72H2,1-6H3,(H,87,97)(H,88,98)(H,89,93)(H,90,94)(H,99,100)(H,101,102)/t75?,76?,77-,78+,79-,80-/m1/s1. The molecule has 0 aliphatic carbocycles. The summed E-state index contributed by atoms with van der Waals surface area (Å²) < 4.78 is 71.2. The lowest BCUT2D eigenvalue weighted by atomic mass is 10.0. The van der Waals surface area contributed by atoms with Gasteiger partial charge in [-0.05, 0) is 127 Å². The molecule has 0 bridgehead atoms. The fourth-order valence-corrected chi connectivity index (χ4v) is 14.1. The number of amides is 4. The van der Waals surface area contributed by atoms with Gasteiger partial charge in [0.1, 0.15) is 12.2 Å². The van der Waals surface area contributed by atoms with Crippen molar-refractivity contribution in [2.24, 2.45) is 0 Å². The number of phosphoric acid groups is 2. The number of carbonyl (C=O) groups is 6. The number of phosphoric ester groups is 2. The van der Waals surface area contributed by atoms with Crippen LogP contribution in [0.15, 0.2) is 48.6 Å². The molecule has 26 heteroatoms. The Morgan fingerprint density at radius 1 is 0.366 bits per heavy atom. The van der Waals surface area contributed by atoms with Gasteiger partial charge in [0.2, 0.25) is 11.8 Å². The van der Waals surface area contributed by atoms with Crippen LogP contribution in [-0.4, -0.2) is 158 Å². The first-order valence-corrected chi connectivity index (χ1v) is 46.9. The van der Waals surface area contributed by atoms with Crippen molar-refractivity contribution in [1.82, 2.24) is 21.3 Å². The number of hydrogen-bond acceptors (Lipinski definition) is 18. The van der Waals surface area contributed by atoms with Gasteiger partial charge in [0.25, 0.3) is 11.8 Å². The summed E-state index contributed by atoms with van der Waals surface area (Å²) in [6, 6.07) is 3.67. The van der Waals surface area contributed by atoms with Gasteiger partial charge in [-0.15, -0.1) is 0 Å². The Hall–Kier alpha value is -4.42. The lowest BCUT2D eigenvalue weighted by molar-refractivity contribution is -0.152. The van der Waals surface area contributed by atoms with Gasteiger partial charge >= 0.3 is 27.6 Å². The minimum Gasteiger partial charge on any atom is -0.462 e. The van der Waals surface area contributed by atoms with Gasteiger partial charge in [0, 0.05) is 50.3 Å². The lowest BCUT2D eigenvalue weighted by Gasteiger charge is -2.23. The van der Waals surface area contributed by atoms with Crippen LogP contribution in [0.1, 0.15) is 370 Å². The van der Waals surface area contributed by atoms with Crippen molar-refractivity contribution in [2.45, 2.75) is 386 Å². The molecular formula is C86H156N4O20P2. The fourth-order valence-electron chi connectivity index (χ4n) is 12.6. The molecule has 1 aromatic rings. The molecule has 650 valence electrons. The first-order chi connectivity index (χ1) is 54.2. The van der Waals surface area contributed by atoms with Crippen molar-refractivity contribution >= 4 is 51.2 Å². The number of carbonyl (C=O) groups excluding carboxylic acids is 6. The predicted octanol–water partition coefficient (Wildman–Crippen LogP) is 18.9. The summed E-state index contributed by atoms with van der Waals surface area (Å²) >= 11 is 0. The monoisotopic (exact) mass is 1630 g/mol. The first-order valence-electron chi connectivity index (χ1n) is 43.9. The molecule has 0 spiro atoms. The number of ether oxygens (including phenoxy) is 4. The molecule has 0 aliphatic rings. The summed E-state index contributed by atoms with van der Waals surface area (Å²) in [5.41, 5.74) is 0.288. The highest BCUT2D eigenvalue weighted by Gasteiger charge is 2.29. The van der Waals surface area contributed by atoms with Crippen molar-refractivity contribution in [3.05, 3.63) is 59.7 Å². The van der Waals surface area contributed by atoms with E-state index in [1.165, 1.54) is 94.9 Å². The van der Waals surface area contributed by atoms with Crippen LogP contribution in [0.4, 0.5) is 0 Å². The Bertz CT molecular complexity index is 2660. The molecular weight excluding hydrogens is 1470 g/mol. The van der Waals surface area contributed by atoms with E-state index >= 15 is 0 Å². The fraction of sp³-hybridized carbons (Fsp3) is 0.814. The Morgan fingerprint density at radius 3 is 0.991 bits per heavy atom. The van der Waals surface area contributed by atoms with Crippen molar-refractivity contribution in [2.75, 3.05) is 65.9 Å². The number of aliphatic hydroxyl groups is 2. The zero-order chi connectivity index (χ0) is 82.2. The third kappa shape index (κ3) is 64.7. The normalized spacial score (nSPS) is 14.4. The van der Waals surface area contributed by atoms with Gasteiger partial charge in [0.05, 0.1) is 76.8 Å². The number of unbranched alkanes of at least 4 members (excludes halogenated alkanes) is 30. The van der Waals surface area contributed by atoms with Crippen molar-refractivity contribution in [3.63, 3.8) is 0 Å². The van der Waals surface area contributed by atoms with Gasteiger partial charge < -0.3 is 60.2 Å². The first kappa shape index (κ1) is 106. The summed E-state index contributed by atoms with van der Waals surface area (Å²) in [7, 11) is -9.56. The Balaban J connectivity index is 2.97. The molecule has 112 heavy (non-hydrogen) atoms. The largest absolute Gasteiger partial charge is 0.472 e. The molecule has 8 N–H and O–H groups in total. The zero-order valence-corrected chi connectivity index (χ0v) is 72.1. The molecule has 1 aromatic carbocycles. The number of benzene rings is 1. The average Bonchev–Trinajstić information content (AvgIpc) is 0.885. The van der Waals surface area contributed by atoms with Crippen LogP contribution in [0.3, 0.4) is 0 Å². The van der Waals surface area contributed by atoms with Crippen molar-refractivity contribution in [3.8, 4) is 0 Å². The molecule has 0 fully saturated rings. The van der Waals surface area contributed by atoms with Gasteiger partial charge in [-0.1, -0.05) is 246 Å². The van der Waals surface area contributed by atoms with E-state index in [0.717, 1.165) is 161 Å². The van der Waals surface area contributed by atoms with Crippen LogP contribution < -0.4 is 21.3 Å². The maximum absolute atomic E-state index is 13.8. The Morgan fingerprint density at radius 2 is 0.661 bits per heavy atom. The quantitative estimate of drug-likeness (QED) is 0.0130. The molecule has 0 saturated heterocycles. The second-order valence-electron chi connectivity index (χ2n) is 30.1. The minimum absolute atomic E-state index is 0.129. The van der Waals surface area contributed by atoms with Crippen LogP contribution in [-0.2, 0) is 65.4 Å². The van der Waals surface area contributed by atoms with Gasteiger partial charge in [-0.2, -0.15) is 0 Å². The number of allylic oxidation sites excluding steroid dienone is 4. The van der Waals surface area contributed by atoms with E-state index in [2.05, 4.69) is 87.1 Å². The number of nitrogens with one attached hydrogen (secondary N) is 4. The summed E-state index contributed by atoms with van der Waals surface area (Å²) in [6.07, 6.45) is 48.8. The molecule has 8 atom stereocenters. The van der Waals surface area contributed by atoms with E-state index in [1.807, 2.05) is 0 Å². The topological polar surface area (TPSA) is 339 Å². The summed E-state index contributed by atoms with van der Waals surface area (Å²) in [5, 5.41) is 32.1. The number of esters is 2. The van der Waals surface area contributed by atoms with E-state index < -0.39 is 102 Å². The summed E-state index contributed by atoms with van der Waals surface area (Å²) in [4.78, 5) is 102. The van der Waals surface area contributed by atoms with Gasteiger partial charge in [-0.25, -0.2) is 9.13 Å². The highest BCUT2D eigenvalue weighted by atomic mass is 31.2. The minimum atomic E-state index is -4.78. The van der Waals surface area contributed by atoms with E-state index in [1.54, 1.807) is 0 Å². The average molecular weight is 1630 g/mol. The molecule has 4 unspecified atom stereocenters. The Kier molecular flexibility index (Phi) is 68.8. The van der Waals surface area contributed by atoms with E-state index in [0.29, 0.717) is 51.4 Å². The molecule has 24 nitrogen and oxygen atoms in total. The molecule has 0 aromatic heterocycles. The van der Waals surface area contributed by atoms with Crippen LogP contribution in [0.2, 0.25) is 0 Å². The van der Waals surface area contributed by atoms with E-state index in [9.17, 15) is 57.9 Å². The van der Waals surface area contributed by atoms with Crippen molar-refractivity contribution in [1.29, 1.82) is 0 Å². The van der Waals surface area contributed by atoms with Gasteiger partial charge in [0.15, 0.2) is 0 Å². The second-order valence-corrected chi connectivity index (χ2v) is 33.0. The molecule has 0 saturated carbocycles. The Labute approximate surface area is 676 Å². The molecule has 4 amide bonds. The summed E-state index contributed by atoms with van der Waals surface area (Å²) in [6.45, 7) is 10.7. The number of rotatable bonds is 80. The smallest absolute Gasteiger partial charge is 0.462 e. The van der Waals surface area contributed by atoms with Crippen LogP contribution in [0.25, 0.3) is 0 Å².